The molecule has 0 aliphatic rings. The van der Waals surface area contributed by atoms with Crippen LogP contribution in [0.5, 0.6) is 0 Å². The monoisotopic (exact) mass is 315 g/mol. The molecule has 0 aliphatic heterocycles. The molecule has 23 heavy (non-hydrogen) atoms. The van der Waals surface area contributed by atoms with Crippen LogP contribution >= 0.6 is 0 Å². The quantitative estimate of drug-likeness (QED) is 0.761. The van der Waals surface area contributed by atoms with E-state index in [4.69, 9.17) is 0 Å². The number of aliphatic carboxylic acids is 1. The first-order valence-corrected chi connectivity index (χ1v) is 8.64. The molecule has 2 aromatic rings. The Morgan fingerprint density at radius 2 is 1.61 bits per heavy atom. The van der Waals surface area contributed by atoms with Crippen LogP contribution in [0.25, 0.3) is 10.8 Å². The highest BCUT2D eigenvalue weighted by Gasteiger charge is 1.97. The van der Waals surface area contributed by atoms with Gasteiger partial charge in [-0.2, -0.15) is 0 Å². The lowest BCUT2D eigenvalue weighted by molar-refractivity contribution is -0.386. The Hall–Kier alpha value is -1.87. The number of benzene rings is 2. The maximum atomic E-state index is 9.98. The van der Waals surface area contributed by atoms with E-state index in [-0.39, 0.29) is 6.42 Å². The van der Waals surface area contributed by atoms with Gasteiger partial charge in [-0.05, 0) is 23.6 Å². The van der Waals surface area contributed by atoms with Gasteiger partial charge in [0.1, 0.15) is 6.54 Å². The van der Waals surface area contributed by atoms with E-state index in [9.17, 15) is 9.90 Å². The van der Waals surface area contributed by atoms with Crippen LogP contribution in [0, 0.1) is 0 Å². The van der Waals surface area contributed by atoms with Crippen molar-refractivity contribution >= 4 is 16.7 Å². The van der Waals surface area contributed by atoms with Gasteiger partial charge in [0.15, 0.2) is 0 Å². The average Bonchev–Trinajstić information content (AvgIpc) is 2.58. The van der Waals surface area contributed by atoms with Gasteiger partial charge in [0.25, 0.3) is 0 Å². The van der Waals surface area contributed by atoms with Crippen molar-refractivity contribution in [2.75, 3.05) is 0 Å². The number of hydrogen-bond acceptors (Lipinski definition) is 2. The number of hydrogen-bond donors (Lipinski definition) is 1. The molecule has 126 valence electrons. The largest absolute Gasteiger partial charge is 0.550 e. The standard InChI is InChI=1S/C11H11N.C9H18O2/c12-8-10-6-3-5-9-4-1-2-7-11(9)10;1-2-3-4-5-6-7-8-9(10)11/h1-7H,8,12H2;2-8H2,1H3,(H,10,11). The molecule has 2 aromatic carbocycles. The van der Waals surface area contributed by atoms with Crippen molar-refractivity contribution in [1.29, 1.82) is 0 Å². The van der Waals surface area contributed by atoms with Gasteiger partial charge in [0, 0.05) is 11.5 Å². The number of unbranched alkanes of at least 4 members (excludes halogenated alkanes) is 5. The molecule has 3 heteroatoms. The van der Waals surface area contributed by atoms with Crippen molar-refractivity contribution in [2.45, 2.75) is 58.4 Å². The van der Waals surface area contributed by atoms with Gasteiger partial charge in [-0.15, -0.1) is 0 Å². The van der Waals surface area contributed by atoms with Gasteiger partial charge in [-0.1, -0.05) is 81.5 Å². The Balaban J connectivity index is 0.000000232. The molecule has 0 atom stereocenters. The third kappa shape index (κ3) is 7.80. The minimum absolute atomic E-state index is 0.228. The molecule has 3 N–H and O–H groups in total. The lowest BCUT2D eigenvalue weighted by Gasteiger charge is -2.00. The topological polar surface area (TPSA) is 67.8 Å². The number of fused-ring (bicyclic) bond motifs is 1. The number of carboxylic acid groups (broad SMARTS) is 1. The van der Waals surface area contributed by atoms with Crippen LogP contribution in [0.2, 0.25) is 0 Å². The molecule has 0 radical (unpaired) electrons. The molecule has 0 aromatic heterocycles. The predicted octanol–water partition coefficient (Wildman–Crippen LogP) is 3.07. The Bertz CT molecular complexity index is 575. The molecule has 0 fully saturated rings. The van der Waals surface area contributed by atoms with E-state index in [1.54, 1.807) is 0 Å². The van der Waals surface area contributed by atoms with Gasteiger partial charge in [-0.25, -0.2) is 0 Å². The van der Waals surface area contributed by atoms with Crippen molar-refractivity contribution < 1.29 is 15.6 Å². The Morgan fingerprint density at radius 1 is 0.957 bits per heavy atom. The molecular formula is C20H29NO2. The fourth-order valence-electron chi connectivity index (χ4n) is 2.56. The van der Waals surface area contributed by atoms with Crippen molar-refractivity contribution in [3.63, 3.8) is 0 Å². The third-order valence-electron chi connectivity index (χ3n) is 3.88. The molecule has 3 nitrogen and oxygen atoms in total. The zero-order valence-electron chi connectivity index (χ0n) is 14.2. The third-order valence-corrected chi connectivity index (χ3v) is 3.88. The summed E-state index contributed by atoms with van der Waals surface area (Å²) in [6.07, 6.45) is 6.96. The van der Waals surface area contributed by atoms with Crippen LogP contribution in [0.4, 0.5) is 0 Å². The normalized spacial score (nSPS) is 10.2. The highest BCUT2D eigenvalue weighted by molar-refractivity contribution is 5.85. The molecule has 0 saturated heterocycles. The zero-order chi connectivity index (χ0) is 16.9. The van der Waals surface area contributed by atoms with Crippen LogP contribution in [-0.4, -0.2) is 5.97 Å². The van der Waals surface area contributed by atoms with E-state index < -0.39 is 5.97 Å². The highest BCUT2D eigenvalue weighted by Crippen LogP contribution is 2.17. The van der Waals surface area contributed by atoms with E-state index >= 15 is 0 Å². The van der Waals surface area contributed by atoms with Crippen LogP contribution in [0.1, 0.15) is 57.4 Å². The first kappa shape index (κ1) is 19.2. The minimum atomic E-state index is -0.916. The summed E-state index contributed by atoms with van der Waals surface area (Å²) in [6, 6.07) is 14.8. The second-order valence-corrected chi connectivity index (χ2v) is 5.78. The first-order valence-electron chi connectivity index (χ1n) is 8.64. The second kappa shape index (κ2) is 11.7. The lowest BCUT2D eigenvalue weighted by atomic mass is 10.1. The maximum Gasteiger partial charge on any atom is 0.100 e. The van der Waals surface area contributed by atoms with E-state index in [1.165, 1.54) is 42.0 Å². The molecule has 0 amide bonds. The predicted molar refractivity (Wildman–Crippen MR) is 93.5 cm³/mol. The summed E-state index contributed by atoms with van der Waals surface area (Å²) in [4.78, 5) is 9.98. The SMILES string of the molecule is CCCCCCCCC(=O)[O-].[NH3+]Cc1cccc2ccccc12. The summed E-state index contributed by atoms with van der Waals surface area (Å²) in [7, 11) is 0. The van der Waals surface area contributed by atoms with E-state index in [1.807, 2.05) is 0 Å². The fourth-order valence-corrected chi connectivity index (χ4v) is 2.56. The number of quaternary nitrogens is 1. The number of carbonyl (C=O) groups excluding carboxylic acids is 1. The van der Waals surface area contributed by atoms with E-state index in [2.05, 4.69) is 55.1 Å². The van der Waals surface area contributed by atoms with Crippen LogP contribution < -0.4 is 10.8 Å². The van der Waals surface area contributed by atoms with E-state index in [0.29, 0.717) is 0 Å². The van der Waals surface area contributed by atoms with E-state index in [0.717, 1.165) is 19.4 Å². The van der Waals surface area contributed by atoms with Crippen molar-refractivity contribution in [2.24, 2.45) is 0 Å². The van der Waals surface area contributed by atoms with Gasteiger partial charge in [-0.3, -0.25) is 0 Å². The Labute approximate surface area is 139 Å². The van der Waals surface area contributed by atoms with Crippen LogP contribution in [0.15, 0.2) is 42.5 Å². The Morgan fingerprint density at radius 3 is 2.30 bits per heavy atom. The lowest BCUT2D eigenvalue weighted by Crippen LogP contribution is -2.47. The maximum absolute atomic E-state index is 9.98. The second-order valence-electron chi connectivity index (χ2n) is 5.78. The average molecular weight is 315 g/mol. The fraction of sp³-hybridized carbons (Fsp3) is 0.450. The molecule has 0 heterocycles. The van der Waals surface area contributed by atoms with Gasteiger partial charge in [0.05, 0.1) is 0 Å². The molecule has 0 bridgehead atoms. The molecule has 0 spiro atoms. The molecule has 0 saturated carbocycles. The van der Waals surface area contributed by atoms with Gasteiger partial charge >= 0.3 is 0 Å². The van der Waals surface area contributed by atoms with Crippen molar-refractivity contribution in [3.05, 3.63) is 48.0 Å². The molecule has 2 rings (SSSR count). The molecule has 0 aliphatic carbocycles. The van der Waals surface area contributed by atoms with Crippen LogP contribution in [0.3, 0.4) is 0 Å². The smallest absolute Gasteiger partial charge is 0.100 e. The minimum Gasteiger partial charge on any atom is -0.550 e. The summed E-state index contributed by atoms with van der Waals surface area (Å²) in [5, 5.41) is 12.6. The summed E-state index contributed by atoms with van der Waals surface area (Å²) in [6.45, 7) is 3.03. The zero-order valence-corrected chi connectivity index (χ0v) is 14.2. The first-order chi connectivity index (χ1) is 11.2. The molecule has 0 unspecified atom stereocenters. The van der Waals surface area contributed by atoms with Gasteiger partial charge < -0.3 is 15.6 Å². The van der Waals surface area contributed by atoms with Crippen molar-refractivity contribution in [3.8, 4) is 0 Å². The van der Waals surface area contributed by atoms with Gasteiger partial charge in [0.2, 0.25) is 0 Å². The number of carbonyl (C=O) groups is 1. The summed E-state index contributed by atoms with van der Waals surface area (Å²) >= 11 is 0. The summed E-state index contributed by atoms with van der Waals surface area (Å²) < 4.78 is 0. The number of carboxylic acids is 1. The van der Waals surface area contributed by atoms with Crippen LogP contribution in [-0.2, 0) is 11.3 Å². The van der Waals surface area contributed by atoms with Crippen molar-refractivity contribution in [1.82, 2.24) is 0 Å². The number of rotatable bonds is 8. The summed E-state index contributed by atoms with van der Waals surface area (Å²) in [5.74, 6) is -0.916. The molecular weight excluding hydrogens is 286 g/mol. The summed E-state index contributed by atoms with van der Waals surface area (Å²) in [5.41, 5.74) is 5.23. The Kier molecular flexibility index (Phi) is 9.73. The highest BCUT2D eigenvalue weighted by atomic mass is 16.4.